The van der Waals surface area contributed by atoms with Crippen LogP contribution in [0.5, 0.6) is 0 Å². The van der Waals surface area contributed by atoms with Crippen LogP contribution in [0.2, 0.25) is 0 Å². The van der Waals surface area contributed by atoms with E-state index in [1.165, 1.54) is 0 Å². The number of hydrogen-bond acceptors (Lipinski definition) is 4. The van der Waals surface area contributed by atoms with Gasteiger partial charge in [0.2, 0.25) is 0 Å². The van der Waals surface area contributed by atoms with Crippen molar-refractivity contribution in [2.75, 3.05) is 6.54 Å². The standard InChI is InChI=1S/C28H30N2O4/c1-21-14-16-24(17-15-21)26-25(29-27(31)33-19-22-9-4-2-5-10-22)13-8-18-30(26)28(32)34-20-23-11-6-3-7-12-23/h2-7,9-12,14-17,25-26H,8,13,18-20H2,1H3,(H,29,31)/t25-,26-/m0/s1. The van der Waals surface area contributed by atoms with Crippen LogP contribution in [0.1, 0.15) is 41.1 Å². The maximum absolute atomic E-state index is 13.1. The second-order valence-electron chi connectivity index (χ2n) is 8.54. The SMILES string of the molecule is Cc1ccc([C@H]2[C@@H](NC(=O)OCc3ccccc3)CCCN2C(=O)OCc2ccccc2)cc1. The molecule has 1 aliphatic rings. The zero-order valence-corrected chi connectivity index (χ0v) is 19.4. The molecule has 3 aromatic carbocycles. The molecule has 0 aromatic heterocycles. The number of amides is 2. The van der Waals surface area contributed by atoms with Gasteiger partial charge < -0.3 is 14.8 Å². The Balaban J connectivity index is 1.47. The molecule has 1 saturated heterocycles. The number of carbonyl (C=O) groups is 2. The summed E-state index contributed by atoms with van der Waals surface area (Å²) in [5.41, 5.74) is 3.93. The highest BCUT2D eigenvalue weighted by Gasteiger charge is 2.37. The zero-order valence-electron chi connectivity index (χ0n) is 19.4. The molecule has 1 N–H and O–H groups in total. The maximum atomic E-state index is 13.1. The van der Waals surface area contributed by atoms with Crippen molar-refractivity contribution in [1.82, 2.24) is 10.2 Å². The van der Waals surface area contributed by atoms with Crippen LogP contribution in [-0.2, 0) is 22.7 Å². The summed E-state index contributed by atoms with van der Waals surface area (Å²) in [7, 11) is 0. The molecule has 4 rings (SSSR count). The molecule has 0 radical (unpaired) electrons. The summed E-state index contributed by atoms with van der Waals surface area (Å²) in [6, 6.07) is 26.6. The number of carbonyl (C=O) groups excluding carboxylic acids is 2. The van der Waals surface area contributed by atoms with Gasteiger partial charge in [-0.2, -0.15) is 0 Å². The van der Waals surface area contributed by atoms with Crippen molar-refractivity contribution in [1.29, 1.82) is 0 Å². The molecule has 0 unspecified atom stereocenters. The molecular formula is C28H30N2O4. The van der Waals surface area contributed by atoms with E-state index in [9.17, 15) is 9.59 Å². The van der Waals surface area contributed by atoms with Gasteiger partial charge in [-0.1, -0.05) is 90.5 Å². The highest BCUT2D eigenvalue weighted by atomic mass is 16.6. The van der Waals surface area contributed by atoms with Gasteiger partial charge in [-0.05, 0) is 36.5 Å². The lowest BCUT2D eigenvalue weighted by molar-refractivity contribution is 0.0536. The van der Waals surface area contributed by atoms with E-state index in [-0.39, 0.29) is 25.3 Å². The van der Waals surface area contributed by atoms with Crippen molar-refractivity contribution in [3.8, 4) is 0 Å². The average molecular weight is 459 g/mol. The van der Waals surface area contributed by atoms with E-state index < -0.39 is 12.2 Å². The fourth-order valence-corrected chi connectivity index (χ4v) is 4.25. The minimum absolute atomic E-state index is 0.192. The van der Waals surface area contributed by atoms with Crippen molar-refractivity contribution >= 4 is 12.2 Å². The topological polar surface area (TPSA) is 67.9 Å². The molecule has 0 bridgehead atoms. The van der Waals surface area contributed by atoms with Gasteiger partial charge in [-0.15, -0.1) is 0 Å². The Morgan fingerprint density at radius 3 is 2.06 bits per heavy atom. The molecule has 1 aliphatic heterocycles. The van der Waals surface area contributed by atoms with Crippen LogP contribution in [0, 0.1) is 6.92 Å². The molecular weight excluding hydrogens is 428 g/mol. The second kappa shape index (κ2) is 11.4. The molecule has 1 heterocycles. The van der Waals surface area contributed by atoms with Gasteiger partial charge in [0.05, 0.1) is 12.1 Å². The van der Waals surface area contributed by atoms with Gasteiger partial charge >= 0.3 is 12.2 Å². The molecule has 0 spiro atoms. The second-order valence-corrected chi connectivity index (χ2v) is 8.54. The highest BCUT2D eigenvalue weighted by molar-refractivity contribution is 5.70. The summed E-state index contributed by atoms with van der Waals surface area (Å²) < 4.78 is 11.1. The van der Waals surface area contributed by atoms with Crippen molar-refractivity contribution in [2.24, 2.45) is 0 Å². The lowest BCUT2D eigenvalue weighted by atomic mass is 9.90. The third kappa shape index (κ3) is 6.16. The van der Waals surface area contributed by atoms with Gasteiger partial charge in [0.15, 0.2) is 0 Å². The van der Waals surface area contributed by atoms with E-state index in [2.05, 4.69) is 5.32 Å². The Kier molecular flexibility index (Phi) is 7.81. The van der Waals surface area contributed by atoms with Gasteiger partial charge in [0, 0.05) is 6.54 Å². The van der Waals surface area contributed by atoms with Crippen LogP contribution in [0.25, 0.3) is 0 Å². The first-order valence-electron chi connectivity index (χ1n) is 11.6. The molecule has 0 saturated carbocycles. The summed E-state index contributed by atoms with van der Waals surface area (Å²) in [6.07, 6.45) is 0.609. The Bertz CT molecular complexity index is 1070. The van der Waals surface area contributed by atoms with E-state index in [4.69, 9.17) is 9.47 Å². The van der Waals surface area contributed by atoms with E-state index in [0.29, 0.717) is 6.54 Å². The number of rotatable bonds is 6. The number of likely N-dealkylation sites (tertiary alicyclic amines) is 1. The van der Waals surface area contributed by atoms with Crippen LogP contribution in [0.3, 0.4) is 0 Å². The van der Waals surface area contributed by atoms with E-state index >= 15 is 0 Å². The van der Waals surface area contributed by atoms with E-state index in [0.717, 1.165) is 35.1 Å². The smallest absolute Gasteiger partial charge is 0.410 e. The molecule has 6 heteroatoms. The lowest BCUT2D eigenvalue weighted by Gasteiger charge is -2.41. The number of aryl methyl sites for hydroxylation is 1. The Morgan fingerprint density at radius 2 is 1.44 bits per heavy atom. The lowest BCUT2D eigenvalue weighted by Crippen LogP contribution is -2.52. The van der Waals surface area contributed by atoms with Crippen molar-refractivity contribution in [3.05, 3.63) is 107 Å². The van der Waals surface area contributed by atoms with Gasteiger partial charge in [-0.3, -0.25) is 4.90 Å². The first kappa shape index (κ1) is 23.4. The monoisotopic (exact) mass is 458 g/mol. The summed E-state index contributed by atoms with van der Waals surface area (Å²) in [5.74, 6) is 0. The molecule has 0 aliphatic carbocycles. The number of hydrogen-bond donors (Lipinski definition) is 1. The highest BCUT2D eigenvalue weighted by Crippen LogP contribution is 2.32. The number of nitrogens with one attached hydrogen (secondary N) is 1. The molecule has 34 heavy (non-hydrogen) atoms. The van der Waals surface area contributed by atoms with Crippen LogP contribution >= 0.6 is 0 Å². The summed E-state index contributed by atoms with van der Waals surface area (Å²) in [6.45, 7) is 2.97. The van der Waals surface area contributed by atoms with Gasteiger partial charge in [-0.25, -0.2) is 9.59 Å². The molecule has 3 aromatic rings. The largest absolute Gasteiger partial charge is 0.445 e. The number of ether oxygens (including phenoxy) is 2. The van der Waals surface area contributed by atoms with Gasteiger partial charge in [0.1, 0.15) is 13.2 Å². The predicted molar refractivity (Wildman–Crippen MR) is 130 cm³/mol. The van der Waals surface area contributed by atoms with Crippen molar-refractivity contribution < 1.29 is 19.1 Å². The van der Waals surface area contributed by atoms with E-state index in [1.807, 2.05) is 91.9 Å². The number of piperidine rings is 1. The molecule has 6 nitrogen and oxygen atoms in total. The zero-order chi connectivity index (χ0) is 23.8. The predicted octanol–water partition coefficient (Wildman–Crippen LogP) is 5.76. The van der Waals surface area contributed by atoms with Gasteiger partial charge in [0.25, 0.3) is 0 Å². The summed E-state index contributed by atoms with van der Waals surface area (Å²) >= 11 is 0. The molecule has 2 atom stereocenters. The first-order valence-corrected chi connectivity index (χ1v) is 11.6. The van der Waals surface area contributed by atoms with Crippen LogP contribution in [0.15, 0.2) is 84.9 Å². The third-order valence-corrected chi connectivity index (χ3v) is 6.01. The van der Waals surface area contributed by atoms with Crippen molar-refractivity contribution in [2.45, 2.75) is 45.1 Å². The molecule has 176 valence electrons. The van der Waals surface area contributed by atoms with Crippen molar-refractivity contribution in [3.63, 3.8) is 0 Å². The normalized spacial score (nSPS) is 17.6. The Morgan fingerprint density at radius 1 is 0.853 bits per heavy atom. The fraction of sp³-hybridized carbons (Fsp3) is 0.286. The maximum Gasteiger partial charge on any atom is 0.410 e. The molecule has 1 fully saturated rings. The Labute approximate surface area is 200 Å². The van der Waals surface area contributed by atoms with Crippen LogP contribution < -0.4 is 5.32 Å². The minimum Gasteiger partial charge on any atom is -0.445 e. The average Bonchev–Trinajstić information content (AvgIpc) is 2.88. The summed E-state index contributed by atoms with van der Waals surface area (Å²) in [5, 5.41) is 3.00. The third-order valence-electron chi connectivity index (χ3n) is 6.01. The first-order chi connectivity index (χ1) is 16.6. The number of nitrogens with zero attached hydrogens (tertiary/aromatic N) is 1. The number of benzene rings is 3. The van der Waals surface area contributed by atoms with Crippen LogP contribution in [-0.4, -0.2) is 29.7 Å². The fourth-order valence-electron chi connectivity index (χ4n) is 4.25. The number of alkyl carbamates (subject to hydrolysis) is 1. The quantitative estimate of drug-likeness (QED) is 0.510. The van der Waals surface area contributed by atoms with Crippen LogP contribution in [0.4, 0.5) is 9.59 Å². The Hall–Kier alpha value is -3.80. The molecule has 2 amide bonds. The summed E-state index contributed by atoms with van der Waals surface area (Å²) in [4.78, 5) is 27.5. The minimum atomic E-state index is -0.495. The van der Waals surface area contributed by atoms with E-state index in [1.54, 1.807) is 4.90 Å².